The van der Waals surface area contributed by atoms with Gasteiger partial charge in [-0.3, -0.25) is 0 Å². The number of fused-ring (bicyclic) bond motifs is 5. The number of cyclic esters (lactones) is 1. The molecule has 0 aromatic carbocycles. The van der Waals surface area contributed by atoms with Gasteiger partial charge in [0.2, 0.25) is 0 Å². The second kappa shape index (κ2) is 9.75. The van der Waals surface area contributed by atoms with Crippen molar-refractivity contribution in [2.24, 2.45) is 34.5 Å². The molecular weight excluding hydrogens is 504 g/mol. The summed E-state index contributed by atoms with van der Waals surface area (Å²) in [5.41, 5.74) is -0.601. The third kappa shape index (κ3) is 4.09. The third-order valence-corrected chi connectivity index (χ3v) is 12.3. The fraction of sp³-hybridized carbons (Fsp3) is 0.900. The van der Waals surface area contributed by atoms with Gasteiger partial charge in [-0.25, -0.2) is 4.79 Å². The molecule has 14 atom stereocenters. The van der Waals surface area contributed by atoms with E-state index >= 15 is 0 Å². The van der Waals surface area contributed by atoms with E-state index in [4.69, 9.17) is 18.9 Å². The number of ether oxygens (including phenoxy) is 4. The number of rotatable bonds is 4. The number of carbonyl (C=O) groups excluding carboxylic acids is 1. The zero-order valence-electron chi connectivity index (χ0n) is 23.6. The van der Waals surface area contributed by atoms with Crippen LogP contribution in [-0.4, -0.2) is 88.6 Å². The molecule has 2 aliphatic heterocycles. The van der Waals surface area contributed by atoms with Crippen LogP contribution in [0.3, 0.4) is 0 Å². The molecule has 6 aliphatic rings. The van der Waals surface area contributed by atoms with Gasteiger partial charge in [0.05, 0.1) is 23.9 Å². The van der Waals surface area contributed by atoms with Crippen molar-refractivity contribution < 1.29 is 44.2 Å². The van der Waals surface area contributed by atoms with Gasteiger partial charge in [-0.15, -0.1) is 0 Å². The molecule has 9 heteroatoms. The van der Waals surface area contributed by atoms with Crippen molar-refractivity contribution in [2.45, 2.75) is 121 Å². The highest BCUT2D eigenvalue weighted by atomic mass is 16.7. The van der Waals surface area contributed by atoms with Crippen molar-refractivity contribution in [3.05, 3.63) is 11.6 Å². The Morgan fingerprint density at radius 1 is 1.03 bits per heavy atom. The molecule has 4 saturated carbocycles. The molecule has 220 valence electrons. The first-order valence-corrected chi connectivity index (χ1v) is 14.9. The Labute approximate surface area is 230 Å². The number of hydrogen-bond acceptors (Lipinski definition) is 9. The van der Waals surface area contributed by atoms with E-state index in [0.717, 1.165) is 50.5 Å². The second-order valence-corrected chi connectivity index (χ2v) is 13.9. The van der Waals surface area contributed by atoms with Crippen LogP contribution in [0.25, 0.3) is 0 Å². The Morgan fingerprint density at radius 2 is 1.79 bits per heavy atom. The third-order valence-electron chi connectivity index (χ3n) is 12.3. The first-order chi connectivity index (χ1) is 18.4. The Kier molecular flexibility index (Phi) is 7.02. The van der Waals surface area contributed by atoms with Gasteiger partial charge < -0.3 is 39.4 Å². The second-order valence-electron chi connectivity index (χ2n) is 13.9. The average molecular weight is 551 g/mol. The summed E-state index contributed by atoms with van der Waals surface area (Å²) in [4.78, 5) is 11.8. The predicted molar refractivity (Wildman–Crippen MR) is 139 cm³/mol. The topological polar surface area (TPSA) is 135 Å². The molecule has 5 fully saturated rings. The molecule has 6 rings (SSSR count). The number of aliphatic hydroxyl groups is 4. The first-order valence-electron chi connectivity index (χ1n) is 14.9. The van der Waals surface area contributed by atoms with E-state index in [0.29, 0.717) is 18.3 Å². The van der Waals surface area contributed by atoms with Crippen molar-refractivity contribution in [2.75, 3.05) is 13.7 Å². The molecule has 0 unspecified atom stereocenters. The van der Waals surface area contributed by atoms with Crippen molar-refractivity contribution in [3.8, 4) is 0 Å². The Bertz CT molecular complexity index is 1000. The summed E-state index contributed by atoms with van der Waals surface area (Å²) in [6.07, 6.45) is 3.40. The lowest BCUT2D eigenvalue weighted by molar-refractivity contribution is -0.313. The molecule has 1 saturated heterocycles. The van der Waals surface area contributed by atoms with Gasteiger partial charge in [0.1, 0.15) is 24.9 Å². The van der Waals surface area contributed by atoms with Crippen LogP contribution < -0.4 is 0 Å². The maximum Gasteiger partial charge on any atom is 0.331 e. The molecule has 0 spiro atoms. The van der Waals surface area contributed by atoms with E-state index in [2.05, 4.69) is 13.8 Å². The number of carbonyl (C=O) groups is 1. The molecule has 0 aromatic rings. The largest absolute Gasteiger partial charge is 0.458 e. The minimum Gasteiger partial charge on any atom is -0.458 e. The Balaban J connectivity index is 1.17. The van der Waals surface area contributed by atoms with Crippen LogP contribution in [-0.2, 0) is 23.7 Å². The number of aliphatic hydroxyl groups excluding tert-OH is 3. The summed E-state index contributed by atoms with van der Waals surface area (Å²) >= 11 is 0. The van der Waals surface area contributed by atoms with E-state index < -0.39 is 47.8 Å². The fourth-order valence-electron chi connectivity index (χ4n) is 10.2. The van der Waals surface area contributed by atoms with Crippen LogP contribution in [0, 0.1) is 34.5 Å². The number of esters is 1. The standard InChI is InChI=1S/C30H46O9/c1-15-24(33)26(36-4)25(34)27(38-15)39-18-7-9-28(2)17(12-18)5-6-20-19(28)8-10-29(3)23(16-11-22(32)37-14-16)21(31)13-30(20,29)35/h11,15,17-21,23-27,31,33-35H,5-10,12-14H2,1-4H3/t15-,17-,18-,19+,20-,21+,23-,24+,25-,26+,27+,28+,29+,30-/m1/s1. The highest BCUT2D eigenvalue weighted by molar-refractivity contribution is 5.85. The van der Waals surface area contributed by atoms with E-state index in [1.807, 2.05) is 0 Å². The maximum absolute atomic E-state index is 12.4. The predicted octanol–water partition coefficient (Wildman–Crippen LogP) is 2.08. The molecule has 2 heterocycles. The van der Waals surface area contributed by atoms with Crippen LogP contribution in [0.2, 0.25) is 0 Å². The smallest absolute Gasteiger partial charge is 0.331 e. The van der Waals surface area contributed by atoms with Gasteiger partial charge in [-0.05, 0) is 80.6 Å². The van der Waals surface area contributed by atoms with E-state index in [1.165, 1.54) is 13.2 Å². The van der Waals surface area contributed by atoms with Crippen LogP contribution >= 0.6 is 0 Å². The monoisotopic (exact) mass is 550 g/mol. The van der Waals surface area contributed by atoms with Crippen LogP contribution in [0.4, 0.5) is 0 Å². The lowest BCUT2D eigenvalue weighted by Crippen LogP contribution is -2.62. The minimum atomic E-state index is -1.06. The molecule has 0 bridgehead atoms. The summed E-state index contributed by atoms with van der Waals surface area (Å²) in [6, 6.07) is 0. The molecule has 0 amide bonds. The van der Waals surface area contributed by atoms with Gasteiger partial charge in [-0.2, -0.15) is 0 Å². The van der Waals surface area contributed by atoms with Gasteiger partial charge in [0, 0.05) is 30.9 Å². The Morgan fingerprint density at radius 3 is 2.49 bits per heavy atom. The molecule has 0 radical (unpaired) electrons. The van der Waals surface area contributed by atoms with Crippen molar-refractivity contribution >= 4 is 5.97 Å². The van der Waals surface area contributed by atoms with Gasteiger partial charge in [0.25, 0.3) is 0 Å². The van der Waals surface area contributed by atoms with Crippen LogP contribution in [0.5, 0.6) is 0 Å². The van der Waals surface area contributed by atoms with E-state index in [9.17, 15) is 25.2 Å². The zero-order valence-corrected chi connectivity index (χ0v) is 23.6. The average Bonchev–Trinajstić information content (AvgIpc) is 3.39. The van der Waals surface area contributed by atoms with E-state index in [1.54, 1.807) is 6.92 Å². The molecule has 4 aliphatic carbocycles. The summed E-state index contributed by atoms with van der Waals surface area (Å²) in [7, 11) is 1.48. The minimum absolute atomic E-state index is 0.0547. The fourth-order valence-corrected chi connectivity index (χ4v) is 10.2. The van der Waals surface area contributed by atoms with Gasteiger partial charge >= 0.3 is 5.97 Å². The summed E-state index contributed by atoms with van der Waals surface area (Å²) in [5, 5.41) is 44.7. The van der Waals surface area contributed by atoms with Crippen molar-refractivity contribution in [3.63, 3.8) is 0 Å². The van der Waals surface area contributed by atoms with Gasteiger partial charge in [-0.1, -0.05) is 13.8 Å². The van der Waals surface area contributed by atoms with Crippen molar-refractivity contribution in [1.82, 2.24) is 0 Å². The van der Waals surface area contributed by atoms with Gasteiger partial charge in [0.15, 0.2) is 6.29 Å². The summed E-state index contributed by atoms with van der Waals surface area (Å²) in [5.74, 6) is 0.260. The molecule has 0 aromatic heterocycles. The molecular formula is C30H46O9. The molecule has 39 heavy (non-hydrogen) atoms. The van der Waals surface area contributed by atoms with Crippen LogP contribution in [0.15, 0.2) is 11.6 Å². The lowest BCUT2D eigenvalue weighted by atomic mass is 9.43. The first kappa shape index (κ1) is 28.1. The number of hydrogen-bond donors (Lipinski definition) is 4. The summed E-state index contributed by atoms with van der Waals surface area (Å²) < 4.78 is 22.7. The highest BCUT2D eigenvalue weighted by Crippen LogP contribution is 2.70. The highest BCUT2D eigenvalue weighted by Gasteiger charge is 2.70. The molecule has 9 nitrogen and oxygen atoms in total. The SMILES string of the molecule is CO[C@H]1[C@@H](O)[C@@H](C)O[C@@H](O[C@@H]2CC[C@@]3(C)[C@H](CC[C@@H]4[C@@H]3CC[C@@]3(C)[C@H](C5=CC(=O)OC5)[C@@H](O)C[C@@]43O)C2)[C@@H]1O. The molecule has 4 N–H and O–H groups in total. The quantitative estimate of drug-likeness (QED) is 0.307. The summed E-state index contributed by atoms with van der Waals surface area (Å²) in [6.45, 7) is 6.48. The normalized spacial score (nSPS) is 55.3. The van der Waals surface area contributed by atoms with E-state index in [-0.39, 0.29) is 35.9 Å². The van der Waals surface area contributed by atoms with Crippen molar-refractivity contribution in [1.29, 1.82) is 0 Å². The maximum atomic E-state index is 12.4. The lowest BCUT2D eigenvalue weighted by Gasteiger charge is -2.63. The zero-order chi connectivity index (χ0) is 27.9. The number of methoxy groups -OCH3 is 1. The Hall–Kier alpha value is -1.07. The van der Waals surface area contributed by atoms with Crippen LogP contribution in [0.1, 0.15) is 72.1 Å².